The number of hydrogen-bond acceptors (Lipinski definition) is 3. The average molecular weight is 347 g/mol. The van der Waals surface area contributed by atoms with Gasteiger partial charge in [-0.25, -0.2) is 4.79 Å². The maximum Gasteiger partial charge on any atom is 0.417 e. The Labute approximate surface area is 153 Å². The van der Waals surface area contributed by atoms with Crippen LogP contribution in [0.15, 0.2) is 72.8 Å². The number of carbonyl (C=O) groups is 1. The number of aryl methyl sites for hydroxylation is 1. The summed E-state index contributed by atoms with van der Waals surface area (Å²) in [5.74, 6) is 0.733. The first-order chi connectivity index (χ1) is 12.6. The third-order valence-electron chi connectivity index (χ3n) is 3.98. The third-order valence-corrected chi connectivity index (χ3v) is 3.98. The number of ether oxygens (including phenoxy) is 1. The van der Waals surface area contributed by atoms with Gasteiger partial charge in [0.25, 0.3) is 0 Å². The molecule has 3 aromatic carbocycles. The molecule has 0 fully saturated rings. The van der Waals surface area contributed by atoms with E-state index in [1.54, 1.807) is 42.5 Å². The third kappa shape index (κ3) is 4.63. The first-order valence-electron chi connectivity index (χ1n) is 8.61. The van der Waals surface area contributed by atoms with Gasteiger partial charge in [-0.15, -0.1) is 0 Å². The number of amides is 1. The molecule has 0 aliphatic carbocycles. The fourth-order valence-corrected chi connectivity index (χ4v) is 2.69. The lowest BCUT2D eigenvalue weighted by atomic mass is 10.1. The lowest BCUT2D eigenvalue weighted by Gasteiger charge is -2.08. The van der Waals surface area contributed by atoms with E-state index in [-0.39, 0.29) is 5.75 Å². The fourth-order valence-electron chi connectivity index (χ4n) is 2.69. The van der Waals surface area contributed by atoms with Gasteiger partial charge in [-0.05, 0) is 59.5 Å². The van der Waals surface area contributed by atoms with Crippen LogP contribution in [0.25, 0.3) is 11.1 Å². The van der Waals surface area contributed by atoms with E-state index in [1.807, 2.05) is 30.3 Å². The van der Waals surface area contributed by atoms with Crippen LogP contribution >= 0.6 is 0 Å². The standard InChI is InChI=1S/C22H21NO3/c1-2-4-16-7-13-21(14-8-16)26-22(25)23-19-11-9-17(10-12-19)18-5-3-6-20(24)15-18/h3,5-15,24H,2,4H2,1H3,(H,23,25). The summed E-state index contributed by atoms with van der Waals surface area (Å²) in [6.07, 6.45) is 1.57. The minimum atomic E-state index is -0.529. The Kier molecular flexibility index (Phi) is 5.54. The zero-order chi connectivity index (χ0) is 18.4. The molecule has 4 heteroatoms. The van der Waals surface area contributed by atoms with Gasteiger partial charge >= 0.3 is 6.09 Å². The number of carbonyl (C=O) groups excluding carboxylic acids is 1. The molecule has 132 valence electrons. The first kappa shape index (κ1) is 17.5. The number of nitrogens with one attached hydrogen (secondary N) is 1. The lowest BCUT2D eigenvalue weighted by Crippen LogP contribution is -2.16. The number of aromatic hydroxyl groups is 1. The van der Waals surface area contributed by atoms with E-state index >= 15 is 0 Å². The minimum Gasteiger partial charge on any atom is -0.508 e. The Bertz CT molecular complexity index is 871. The summed E-state index contributed by atoms with van der Waals surface area (Å²) >= 11 is 0. The predicted molar refractivity (Wildman–Crippen MR) is 104 cm³/mol. The minimum absolute atomic E-state index is 0.221. The van der Waals surface area contributed by atoms with Crippen molar-refractivity contribution in [1.82, 2.24) is 0 Å². The number of benzene rings is 3. The maximum atomic E-state index is 12.0. The maximum absolute atomic E-state index is 12.0. The first-order valence-corrected chi connectivity index (χ1v) is 8.61. The van der Waals surface area contributed by atoms with Crippen molar-refractivity contribution in [2.75, 3.05) is 5.32 Å². The van der Waals surface area contributed by atoms with Crippen molar-refractivity contribution >= 4 is 11.8 Å². The molecule has 0 heterocycles. The monoisotopic (exact) mass is 347 g/mol. The Morgan fingerprint density at radius 2 is 1.69 bits per heavy atom. The molecule has 1 amide bonds. The molecule has 0 atom stereocenters. The van der Waals surface area contributed by atoms with Crippen molar-refractivity contribution in [3.63, 3.8) is 0 Å². The highest BCUT2D eigenvalue weighted by Crippen LogP contribution is 2.24. The summed E-state index contributed by atoms with van der Waals surface area (Å²) in [6.45, 7) is 2.13. The van der Waals surface area contributed by atoms with Gasteiger partial charge in [-0.2, -0.15) is 0 Å². The van der Waals surface area contributed by atoms with Gasteiger partial charge in [0.15, 0.2) is 0 Å². The largest absolute Gasteiger partial charge is 0.508 e. The Balaban J connectivity index is 1.60. The van der Waals surface area contributed by atoms with Crippen LogP contribution in [-0.2, 0) is 6.42 Å². The molecule has 26 heavy (non-hydrogen) atoms. The molecule has 0 aliphatic rings. The molecular weight excluding hydrogens is 326 g/mol. The van der Waals surface area contributed by atoms with Crippen LogP contribution in [0.4, 0.5) is 10.5 Å². The van der Waals surface area contributed by atoms with Crippen molar-refractivity contribution in [2.24, 2.45) is 0 Å². The average Bonchev–Trinajstić information content (AvgIpc) is 2.64. The van der Waals surface area contributed by atoms with Crippen LogP contribution in [-0.4, -0.2) is 11.2 Å². The summed E-state index contributed by atoms with van der Waals surface area (Å²) < 4.78 is 5.30. The Morgan fingerprint density at radius 1 is 0.962 bits per heavy atom. The van der Waals surface area contributed by atoms with Gasteiger partial charge in [0.2, 0.25) is 0 Å². The summed E-state index contributed by atoms with van der Waals surface area (Å²) in [5, 5.41) is 12.3. The molecule has 0 aliphatic heterocycles. The smallest absolute Gasteiger partial charge is 0.417 e. The van der Waals surface area contributed by atoms with Crippen molar-refractivity contribution in [3.05, 3.63) is 78.4 Å². The van der Waals surface area contributed by atoms with Gasteiger partial charge in [-0.1, -0.05) is 49.7 Å². The van der Waals surface area contributed by atoms with Crippen LogP contribution in [0.2, 0.25) is 0 Å². The molecule has 4 nitrogen and oxygen atoms in total. The van der Waals surface area contributed by atoms with Crippen molar-refractivity contribution in [2.45, 2.75) is 19.8 Å². The van der Waals surface area contributed by atoms with Crippen LogP contribution in [0.5, 0.6) is 11.5 Å². The highest BCUT2D eigenvalue weighted by molar-refractivity contribution is 5.86. The summed E-state index contributed by atoms with van der Waals surface area (Å²) in [5.41, 5.74) is 3.72. The zero-order valence-electron chi connectivity index (χ0n) is 14.6. The molecule has 0 saturated heterocycles. The second kappa shape index (κ2) is 8.21. The number of phenols is 1. The summed E-state index contributed by atoms with van der Waals surface area (Å²) in [7, 11) is 0. The zero-order valence-corrected chi connectivity index (χ0v) is 14.6. The Morgan fingerprint density at radius 3 is 2.35 bits per heavy atom. The van der Waals surface area contributed by atoms with E-state index in [1.165, 1.54) is 5.56 Å². The lowest BCUT2D eigenvalue weighted by molar-refractivity contribution is 0.215. The van der Waals surface area contributed by atoms with Crippen LogP contribution in [0.1, 0.15) is 18.9 Å². The molecule has 0 bridgehead atoms. The van der Waals surface area contributed by atoms with E-state index < -0.39 is 6.09 Å². The molecule has 0 unspecified atom stereocenters. The van der Waals surface area contributed by atoms with Crippen molar-refractivity contribution in [3.8, 4) is 22.6 Å². The summed E-state index contributed by atoms with van der Waals surface area (Å²) in [4.78, 5) is 12.0. The van der Waals surface area contributed by atoms with Crippen LogP contribution in [0.3, 0.4) is 0 Å². The fraction of sp³-hybridized carbons (Fsp3) is 0.136. The van der Waals surface area contributed by atoms with Gasteiger partial charge in [0, 0.05) is 5.69 Å². The van der Waals surface area contributed by atoms with Gasteiger partial charge in [0.05, 0.1) is 0 Å². The van der Waals surface area contributed by atoms with Crippen molar-refractivity contribution in [1.29, 1.82) is 0 Å². The van der Waals surface area contributed by atoms with Crippen molar-refractivity contribution < 1.29 is 14.6 Å². The molecule has 3 aromatic rings. The highest BCUT2D eigenvalue weighted by atomic mass is 16.6. The molecule has 3 rings (SSSR count). The number of phenolic OH excluding ortho intramolecular Hbond substituents is 1. The van der Waals surface area contributed by atoms with Gasteiger partial charge in [-0.3, -0.25) is 5.32 Å². The molecule has 0 saturated carbocycles. The van der Waals surface area contributed by atoms with Crippen LogP contribution < -0.4 is 10.1 Å². The number of anilines is 1. The van der Waals surface area contributed by atoms with Crippen LogP contribution in [0, 0.1) is 0 Å². The number of hydrogen-bond donors (Lipinski definition) is 2. The molecule has 0 radical (unpaired) electrons. The van der Waals surface area contributed by atoms with E-state index in [9.17, 15) is 9.90 Å². The van der Waals surface area contributed by atoms with Gasteiger partial charge in [0.1, 0.15) is 11.5 Å². The molecule has 0 spiro atoms. The molecule has 0 aromatic heterocycles. The second-order valence-electron chi connectivity index (χ2n) is 6.04. The Hall–Kier alpha value is -3.27. The van der Waals surface area contributed by atoms with E-state index in [2.05, 4.69) is 12.2 Å². The second-order valence-corrected chi connectivity index (χ2v) is 6.04. The van der Waals surface area contributed by atoms with Gasteiger partial charge < -0.3 is 9.84 Å². The van der Waals surface area contributed by atoms with E-state index in [0.717, 1.165) is 24.0 Å². The molecular formula is C22H21NO3. The predicted octanol–water partition coefficient (Wildman–Crippen LogP) is 5.62. The molecule has 2 N–H and O–H groups in total. The SMILES string of the molecule is CCCc1ccc(OC(=O)Nc2ccc(-c3cccc(O)c3)cc2)cc1. The summed E-state index contributed by atoms with van der Waals surface area (Å²) in [6, 6.07) is 21.9. The highest BCUT2D eigenvalue weighted by Gasteiger charge is 2.06. The number of rotatable bonds is 5. The topological polar surface area (TPSA) is 58.6 Å². The van der Waals surface area contributed by atoms with E-state index in [0.29, 0.717) is 11.4 Å². The normalized spacial score (nSPS) is 10.3. The van der Waals surface area contributed by atoms with E-state index in [4.69, 9.17) is 4.74 Å². The quantitative estimate of drug-likeness (QED) is 0.629.